The van der Waals surface area contributed by atoms with Crippen molar-refractivity contribution in [1.29, 1.82) is 0 Å². The van der Waals surface area contributed by atoms with Crippen LogP contribution in [0.25, 0.3) is 5.76 Å². The number of carbonyl (C=O) groups excluding carboxylic acids is 2. The van der Waals surface area contributed by atoms with E-state index in [-0.39, 0.29) is 11.3 Å². The van der Waals surface area contributed by atoms with E-state index >= 15 is 0 Å². The summed E-state index contributed by atoms with van der Waals surface area (Å²) in [5.41, 5.74) is 4.33. The Labute approximate surface area is 223 Å². The smallest absolute Gasteiger partial charge is 0.300 e. The predicted molar refractivity (Wildman–Crippen MR) is 150 cm³/mol. The zero-order chi connectivity index (χ0) is 27.6. The number of aliphatic hydroxyl groups excluding tert-OH is 1. The largest absolute Gasteiger partial charge is 0.507 e. The van der Waals surface area contributed by atoms with Crippen molar-refractivity contribution in [3.05, 3.63) is 88.5 Å². The summed E-state index contributed by atoms with van der Waals surface area (Å²) >= 11 is 0. The molecule has 0 aliphatic carbocycles. The monoisotopic (exact) mass is 514 g/mol. The highest BCUT2D eigenvalue weighted by atomic mass is 16.5. The first-order chi connectivity index (χ1) is 18.2. The lowest BCUT2D eigenvalue weighted by atomic mass is 9.93. The molecule has 1 atom stereocenters. The van der Waals surface area contributed by atoms with Crippen LogP contribution in [0, 0.1) is 13.8 Å². The van der Waals surface area contributed by atoms with Gasteiger partial charge in [-0.2, -0.15) is 0 Å². The summed E-state index contributed by atoms with van der Waals surface area (Å²) in [5, 5.41) is 11.7. The van der Waals surface area contributed by atoms with Gasteiger partial charge in [0.15, 0.2) is 0 Å². The predicted octanol–water partition coefficient (Wildman–Crippen LogP) is 5.79. The molecule has 1 unspecified atom stereocenters. The minimum atomic E-state index is -0.849. The van der Waals surface area contributed by atoms with Crippen LogP contribution in [0.5, 0.6) is 11.5 Å². The first kappa shape index (κ1) is 26.8. The Kier molecular flexibility index (Phi) is 7.76. The maximum absolute atomic E-state index is 13.6. The van der Waals surface area contributed by atoms with Crippen molar-refractivity contribution in [1.82, 2.24) is 0 Å². The van der Waals surface area contributed by atoms with Gasteiger partial charge >= 0.3 is 0 Å². The van der Waals surface area contributed by atoms with Gasteiger partial charge in [-0.25, -0.2) is 0 Å². The number of ketones is 1. The number of Topliss-reactive ketones (excluding diaryl/α,β-unsaturated/α-hetero) is 1. The number of hydrogen-bond donors (Lipinski definition) is 1. The number of ether oxygens (including phenoxy) is 2. The van der Waals surface area contributed by atoms with E-state index in [1.54, 1.807) is 37.4 Å². The van der Waals surface area contributed by atoms with Gasteiger partial charge in [-0.15, -0.1) is 0 Å². The van der Waals surface area contributed by atoms with Gasteiger partial charge in [0.1, 0.15) is 17.3 Å². The zero-order valence-corrected chi connectivity index (χ0v) is 22.7. The molecule has 3 aromatic rings. The molecule has 0 saturated carbocycles. The topological polar surface area (TPSA) is 79.3 Å². The fourth-order valence-electron chi connectivity index (χ4n) is 5.18. The van der Waals surface area contributed by atoms with E-state index in [0.29, 0.717) is 28.3 Å². The quantitative estimate of drug-likeness (QED) is 0.233. The molecule has 3 aromatic carbocycles. The van der Waals surface area contributed by atoms with Gasteiger partial charge < -0.3 is 19.5 Å². The third-order valence-electron chi connectivity index (χ3n) is 6.99. The Morgan fingerprint density at radius 1 is 0.947 bits per heavy atom. The van der Waals surface area contributed by atoms with Gasteiger partial charge in [0.05, 0.1) is 31.4 Å². The zero-order valence-electron chi connectivity index (χ0n) is 22.7. The van der Waals surface area contributed by atoms with E-state index in [1.807, 2.05) is 44.2 Å². The minimum Gasteiger partial charge on any atom is -0.507 e. The molecular formula is C31H34N2O5. The summed E-state index contributed by atoms with van der Waals surface area (Å²) in [6, 6.07) is 17.6. The highest BCUT2D eigenvalue weighted by Crippen LogP contribution is 2.44. The van der Waals surface area contributed by atoms with Gasteiger partial charge in [-0.3, -0.25) is 14.5 Å². The number of rotatable bonds is 8. The summed E-state index contributed by atoms with van der Waals surface area (Å²) in [4.78, 5) is 30.8. The number of hydrogen-bond acceptors (Lipinski definition) is 6. The maximum Gasteiger partial charge on any atom is 0.300 e. The molecule has 1 fully saturated rings. The van der Waals surface area contributed by atoms with Crippen molar-refractivity contribution in [2.45, 2.75) is 33.7 Å². The van der Waals surface area contributed by atoms with E-state index in [1.165, 1.54) is 12.0 Å². The van der Waals surface area contributed by atoms with Crippen LogP contribution < -0.4 is 19.3 Å². The Morgan fingerprint density at radius 3 is 2.24 bits per heavy atom. The van der Waals surface area contributed by atoms with Crippen LogP contribution in [0.3, 0.4) is 0 Å². The van der Waals surface area contributed by atoms with Crippen molar-refractivity contribution < 1.29 is 24.2 Å². The number of benzene rings is 3. The van der Waals surface area contributed by atoms with E-state index in [0.717, 1.165) is 29.9 Å². The molecule has 0 radical (unpaired) electrons. The third kappa shape index (κ3) is 4.72. The summed E-state index contributed by atoms with van der Waals surface area (Å²) in [6.45, 7) is 9.66. The Morgan fingerprint density at radius 2 is 1.63 bits per heavy atom. The second-order valence-electron chi connectivity index (χ2n) is 9.30. The van der Waals surface area contributed by atoms with Gasteiger partial charge in [0.2, 0.25) is 0 Å². The summed E-state index contributed by atoms with van der Waals surface area (Å²) in [7, 11) is 3.07. The van der Waals surface area contributed by atoms with Crippen molar-refractivity contribution in [3.63, 3.8) is 0 Å². The van der Waals surface area contributed by atoms with Gasteiger partial charge in [-0.1, -0.05) is 24.3 Å². The second-order valence-corrected chi connectivity index (χ2v) is 9.30. The molecule has 7 nitrogen and oxygen atoms in total. The highest BCUT2D eigenvalue weighted by molar-refractivity contribution is 6.51. The Balaban J connectivity index is 1.97. The number of aryl methyl sites for hydroxylation is 2. The fraction of sp³-hybridized carbons (Fsp3) is 0.290. The molecule has 0 spiro atoms. The van der Waals surface area contributed by atoms with Crippen LogP contribution in [0.1, 0.15) is 42.1 Å². The van der Waals surface area contributed by atoms with E-state index in [2.05, 4.69) is 18.7 Å². The van der Waals surface area contributed by atoms with Gasteiger partial charge in [0.25, 0.3) is 11.7 Å². The molecule has 0 aromatic heterocycles. The molecule has 1 aliphatic rings. The number of aliphatic hydroxyl groups is 1. The molecule has 1 aliphatic heterocycles. The van der Waals surface area contributed by atoms with Crippen LogP contribution >= 0.6 is 0 Å². The molecule has 1 heterocycles. The third-order valence-corrected chi connectivity index (χ3v) is 6.99. The number of methoxy groups -OCH3 is 2. The lowest BCUT2D eigenvalue weighted by Crippen LogP contribution is -2.29. The Bertz CT molecular complexity index is 1390. The number of amides is 1. The molecule has 0 bridgehead atoms. The average molecular weight is 515 g/mol. The second kappa shape index (κ2) is 11.0. The molecule has 1 saturated heterocycles. The van der Waals surface area contributed by atoms with E-state index < -0.39 is 17.7 Å². The molecular weight excluding hydrogens is 480 g/mol. The van der Waals surface area contributed by atoms with Crippen molar-refractivity contribution in [2.75, 3.05) is 37.1 Å². The molecule has 7 heteroatoms. The van der Waals surface area contributed by atoms with Crippen molar-refractivity contribution in [3.8, 4) is 11.5 Å². The van der Waals surface area contributed by atoms with Gasteiger partial charge in [0, 0.05) is 30.5 Å². The first-order valence-electron chi connectivity index (χ1n) is 12.7. The normalized spacial score (nSPS) is 16.6. The molecule has 198 valence electrons. The fourth-order valence-corrected chi connectivity index (χ4v) is 5.18. The van der Waals surface area contributed by atoms with E-state index in [9.17, 15) is 14.7 Å². The molecule has 1 amide bonds. The van der Waals surface area contributed by atoms with Crippen molar-refractivity contribution >= 4 is 28.8 Å². The SMILES string of the molecule is CCN(CC)c1ccc(C2/C(=C(\O)c3cc(C)cc(C)c3OC)C(=O)C(=O)N2c2cccc(OC)c2)cc1. The molecule has 38 heavy (non-hydrogen) atoms. The number of anilines is 2. The molecule has 4 rings (SSSR count). The number of nitrogens with zero attached hydrogens (tertiary/aromatic N) is 2. The summed E-state index contributed by atoms with van der Waals surface area (Å²) in [5.74, 6) is -0.743. The maximum atomic E-state index is 13.6. The first-order valence-corrected chi connectivity index (χ1v) is 12.7. The summed E-state index contributed by atoms with van der Waals surface area (Å²) in [6.07, 6.45) is 0. The lowest BCUT2D eigenvalue weighted by Gasteiger charge is -2.27. The summed E-state index contributed by atoms with van der Waals surface area (Å²) < 4.78 is 11.0. The van der Waals surface area contributed by atoms with Crippen LogP contribution in [0.15, 0.2) is 66.2 Å². The van der Waals surface area contributed by atoms with Crippen LogP contribution in [0.2, 0.25) is 0 Å². The minimum absolute atomic E-state index is 0.0108. The Hall–Kier alpha value is -4.26. The highest BCUT2D eigenvalue weighted by Gasteiger charge is 2.47. The van der Waals surface area contributed by atoms with Crippen molar-refractivity contribution in [2.24, 2.45) is 0 Å². The standard InChI is InChI=1S/C31H34N2O5/c1-7-32(8-2)22-14-12-21(13-15-22)27-26(28(34)25-17-19(3)16-20(4)30(25)38-6)29(35)31(36)33(27)23-10-9-11-24(18-23)37-5/h9-18,27,34H,7-8H2,1-6H3/b28-26+. The van der Waals surface area contributed by atoms with E-state index in [4.69, 9.17) is 9.47 Å². The lowest BCUT2D eigenvalue weighted by molar-refractivity contribution is -0.132. The average Bonchev–Trinajstić information content (AvgIpc) is 3.19. The molecule has 1 N–H and O–H groups in total. The van der Waals surface area contributed by atoms with Crippen LogP contribution in [0.4, 0.5) is 11.4 Å². The van der Waals surface area contributed by atoms with Crippen LogP contribution in [-0.2, 0) is 9.59 Å². The van der Waals surface area contributed by atoms with Crippen LogP contribution in [-0.4, -0.2) is 44.1 Å². The van der Waals surface area contributed by atoms with Gasteiger partial charge in [-0.05, 0) is 74.7 Å². The number of carbonyl (C=O) groups is 2.